The number of halogens is 3. The van der Waals surface area contributed by atoms with Crippen molar-refractivity contribution in [1.29, 1.82) is 0 Å². The van der Waals surface area contributed by atoms with Gasteiger partial charge in [0.05, 0.1) is 23.2 Å². The van der Waals surface area contributed by atoms with Crippen LogP contribution in [0.25, 0.3) is 0 Å². The fraction of sp³-hybridized carbons (Fsp3) is 0.278. The summed E-state index contributed by atoms with van der Waals surface area (Å²) in [5.74, 6) is -0.877. The molecule has 0 unspecified atom stereocenters. The number of hydrogen-bond donors (Lipinski definition) is 1. The van der Waals surface area contributed by atoms with E-state index in [4.69, 9.17) is 0 Å². The zero-order valence-corrected chi connectivity index (χ0v) is 15.7. The molecule has 0 aliphatic heterocycles. The Labute approximate surface area is 155 Å². The van der Waals surface area contributed by atoms with Gasteiger partial charge in [0.2, 0.25) is 15.9 Å². The molecule has 0 aliphatic carbocycles. The maximum Gasteiger partial charge on any atom is 0.418 e. The highest BCUT2D eigenvalue weighted by Gasteiger charge is 2.35. The molecular formula is C18H19F3N2O3S. The Hall–Kier alpha value is -2.55. The third kappa shape index (κ3) is 5.00. The molecule has 0 aromatic heterocycles. The lowest BCUT2D eigenvalue weighted by Crippen LogP contribution is -2.45. The van der Waals surface area contributed by atoms with Crippen LogP contribution in [0.1, 0.15) is 18.1 Å². The molecule has 0 radical (unpaired) electrons. The van der Waals surface area contributed by atoms with Crippen LogP contribution >= 0.6 is 0 Å². The van der Waals surface area contributed by atoms with Crippen LogP contribution in [0.15, 0.2) is 48.5 Å². The van der Waals surface area contributed by atoms with Crippen molar-refractivity contribution in [3.05, 3.63) is 59.7 Å². The van der Waals surface area contributed by atoms with Crippen molar-refractivity contribution >= 4 is 27.3 Å². The number of carbonyl (C=O) groups excluding carboxylic acids is 1. The normalized spacial score (nSPS) is 13.1. The number of alkyl halides is 3. The van der Waals surface area contributed by atoms with Gasteiger partial charge in [-0.2, -0.15) is 13.2 Å². The van der Waals surface area contributed by atoms with Crippen molar-refractivity contribution in [2.45, 2.75) is 26.1 Å². The molecule has 0 heterocycles. The first-order valence-electron chi connectivity index (χ1n) is 7.94. The van der Waals surface area contributed by atoms with E-state index >= 15 is 0 Å². The Morgan fingerprint density at radius 2 is 1.63 bits per heavy atom. The predicted octanol–water partition coefficient (Wildman–Crippen LogP) is 3.81. The lowest BCUT2D eigenvalue weighted by molar-refractivity contribution is -0.137. The highest BCUT2D eigenvalue weighted by Crippen LogP contribution is 2.34. The molecular weight excluding hydrogens is 381 g/mol. The SMILES string of the molecule is Cc1ccc(N([C@@H](C)C(=O)Nc2ccccc2C(F)(F)F)S(C)(=O)=O)cc1. The second-order valence-electron chi connectivity index (χ2n) is 6.10. The van der Waals surface area contributed by atoms with Crippen LogP contribution in [0.2, 0.25) is 0 Å². The molecule has 0 saturated heterocycles. The fourth-order valence-corrected chi connectivity index (χ4v) is 3.75. The van der Waals surface area contributed by atoms with E-state index < -0.39 is 39.4 Å². The van der Waals surface area contributed by atoms with Crippen LogP contribution < -0.4 is 9.62 Å². The van der Waals surface area contributed by atoms with Gasteiger partial charge in [0, 0.05) is 0 Å². The van der Waals surface area contributed by atoms with Crippen LogP contribution in [0.4, 0.5) is 24.5 Å². The summed E-state index contributed by atoms with van der Waals surface area (Å²) in [6, 6.07) is 9.67. The smallest absolute Gasteiger partial charge is 0.324 e. The summed E-state index contributed by atoms with van der Waals surface area (Å²) in [6.45, 7) is 3.13. The maximum atomic E-state index is 13.1. The first-order valence-corrected chi connectivity index (χ1v) is 9.79. The molecule has 5 nitrogen and oxygen atoms in total. The van der Waals surface area contributed by atoms with Gasteiger partial charge < -0.3 is 5.32 Å². The summed E-state index contributed by atoms with van der Waals surface area (Å²) in [4.78, 5) is 12.5. The number of nitrogens with one attached hydrogen (secondary N) is 1. The minimum atomic E-state index is -4.65. The summed E-state index contributed by atoms with van der Waals surface area (Å²) in [5.41, 5.74) is -0.302. The Balaban J connectivity index is 2.36. The van der Waals surface area contributed by atoms with E-state index in [1.165, 1.54) is 31.2 Å². The van der Waals surface area contributed by atoms with E-state index in [1.54, 1.807) is 12.1 Å². The molecule has 2 rings (SSSR count). The zero-order valence-electron chi connectivity index (χ0n) is 14.9. The number of amides is 1. The molecule has 2 aromatic rings. The molecule has 0 bridgehead atoms. The first kappa shape index (κ1) is 20.8. The molecule has 1 atom stereocenters. The highest BCUT2D eigenvalue weighted by atomic mass is 32.2. The fourth-order valence-electron chi connectivity index (χ4n) is 2.58. The van der Waals surface area contributed by atoms with Gasteiger partial charge in [0.25, 0.3) is 0 Å². The number of carbonyl (C=O) groups is 1. The van der Waals surface area contributed by atoms with Gasteiger partial charge >= 0.3 is 6.18 Å². The number of benzene rings is 2. The Kier molecular flexibility index (Phi) is 5.84. The van der Waals surface area contributed by atoms with Crippen LogP contribution in [-0.2, 0) is 21.0 Å². The van der Waals surface area contributed by atoms with E-state index in [0.717, 1.165) is 28.3 Å². The molecule has 0 spiro atoms. The largest absolute Gasteiger partial charge is 0.418 e. The predicted molar refractivity (Wildman–Crippen MR) is 98.0 cm³/mol. The molecule has 1 N–H and O–H groups in total. The van der Waals surface area contributed by atoms with E-state index in [-0.39, 0.29) is 5.69 Å². The molecule has 27 heavy (non-hydrogen) atoms. The molecule has 9 heteroatoms. The Morgan fingerprint density at radius 3 is 2.15 bits per heavy atom. The van der Waals surface area contributed by atoms with Crippen LogP contribution in [0.5, 0.6) is 0 Å². The average molecular weight is 400 g/mol. The van der Waals surface area contributed by atoms with Crippen molar-refractivity contribution in [3.8, 4) is 0 Å². The standard InChI is InChI=1S/C18H19F3N2O3S/c1-12-8-10-14(11-9-12)23(27(3,25)26)13(2)17(24)22-16-7-5-4-6-15(16)18(19,20)21/h4-11,13H,1-3H3,(H,22,24)/t13-/m0/s1. The second kappa shape index (κ2) is 7.59. The highest BCUT2D eigenvalue weighted by molar-refractivity contribution is 7.92. The lowest BCUT2D eigenvalue weighted by Gasteiger charge is -2.28. The Morgan fingerprint density at radius 1 is 1.07 bits per heavy atom. The number of anilines is 2. The lowest BCUT2D eigenvalue weighted by atomic mass is 10.1. The average Bonchev–Trinajstić information content (AvgIpc) is 2.55. The van der Waals surface area contributed by atoms with E-state index in [1.807, 2.05) is 6.92 Å². The van der Waals surface area contributed by atoms with Gasteiger partial charge in [-0.25, -0.2) is 8.42 Å². The summed E-state index contributed by atoms with van der Waals surface area (Å²) < 4.78 is 64.6. The van der Waals surface area contributed by atoms with Crippen LogP contribution in [0, 0.1) is 6.92 Å². The molecule has 2 aromatic carbocycles. The number of hydrogen-bond acceptors (Lipinski definition) is 3. The summed E-state index contributed by atoms with van der Waals surface area (Å²) >= 11 is 0. The van der Waals surface area contributed by atoms with Gasteiger partial charge in [-0.15, -0.1) is 0 Å². The summed E-state index contributed by atoms with van der Waals surface area (Å²) in [5, 5.41) is 2.19. The van der Waals surface area contributed by atoms with E-state index in [9.17, 15) is 26.4 Å². The van der Waals surface area contributed by atoms with E-state index in [0.29, 0.717) is 0 Å². The molecule has 0 fully saturated rings. The first-order chi connectivity index (χ1) is 12.4. The summed E-state index contributed by atoms with van der Waals surface area (Å²) in [6.07, 6.45) is -3.72. The Bertz CT molecular complexity index is 926. The summed E-state index contributed by atoms with van der Waals surface area (Å²) in [7, 11) is -3.86. The number of para-hydroxylation sites is 1. The van der Waals surface area contributed by atoms with Crippen molar-refractivity contribution in [2.75, 3.05) is 15.9 Å². The molecule has 1 amide bonds. The van der Waals surface area contributed by atoms with Gasteiger partial charge in [-0.3, -0.25) is 9.10 Å². The van der Waals surface area contributed by atoms with Gasteiger partial charge in [0.1, 0.15) is 6.04 Å². The third-order valence-corrected chi connectivity index (χ3v) is 5.11. The zero-order chi connectivity index (χ0) is 20.4. The van der Waals surface area contributed by atoms with Crippen molar-refractivity contribution < 1.29 is 26.4 Å². The minimum absolute atomic E-state index is 0.245. The number of aryl methyl sites for hydroxylation is 1. The van der Waals surface area contributed by atoms with Gasteiger partial charge in [-0.05, 0) is 38.1 Å². The number of rotatable bonds is 5. The third-order valence-electron chi connectivity index (χ3n) is 3.87. The van der Waals surface area contributed by atoms with Crippen molar-refractivity contribution in [3.63, 3.8) is 0 Å². The van der Waals surface area contributed by atoms with Gasteiger partial charge in [0.15, 0.2) is 0 Å². The van der Waals surface area contributed by atoms with Crippen LogP contribution in [0.3, 0.4) is 0 Å². The van der Waals surface area contributed by atoms with Crippen LogP contribution in [-0.4, -0.2) is 26.6 Å². The molecule has 0 aliphatic rings. The maximum absolute atomic E-state index is 13.1. The van der Waals surface area contributed by atoms with E-state index in [2.05, 4.69) is 5.32 Å². The molecule has 0 saturated carbocycles. The van der Waals surface area contributed by atoms with Crippen molar-refractivity contribution in [2.24, 2.45) is 0 Å². The topological polar surface area (TPSA) is 66.5 Å². The quantitative estimate of drug-likeness (QED) is 0.830. The molecule has 146 valence electrons. The number of sulfonamides is 1. The van der Waals surface area contributed by atoms with Gasteiger partial charge in [-0.1, -0.05) is 29.8 Å². The number of nitrogens with zero attached hydrogens (tertiary/aromatic N) is 1. The second-order valence-corrected chi connectivity index (χ2v) is 7.96. The minimum Gasteiger partial charge on any atom is -0.324 e. The van der Waals surface area contributed by atoms with Crippen molar-refractivity contribution in [1.82, 2.24) is 0 Å². The monoisotopic (exact) mass is 400 g/mol.